The van der Waals surface area contributed by atoms with Crippen LogP contribution in [-0.4, -0.2) is 90.6 Å². The molecule has 1 saturated heterocycles. The Morgan fingerprint density at radius 1 is 0.936 bits per heavy atom. The molecule has 18 heteroatoms. The smallest absolute Gasteiger partial charge is 0.428 e. The quantitative estimate of drug-likeness (QED) is 0.223. The van der Waals surface area contributed by atoms with Crippen LogP contribution < -0.4 is 10.1 Å². The van der Waals surface area contributed by atoms with Gasteiger partial charge in [-0.05, 0) is 61.9 Å². The van der Waals surface area contributed by atoms with E-state index in [1.165, 1.54) is 25.2 Å². The molecule has 1 aliphatic rings. The summed E-state index contributed by atoms with van der Waals surface area (Å²) in [5, 5.41) is 6.84. The third kappa shape index (κ3) is 7.94. The van der Waals surface area contributed by atoms with Crippen LogP contribution in [-0.2, 0) is 23.7 Å². The lowest BCUT2D eigenvalue weighted by molar-refractivity contribution is -0.402. The Morgan fingerprint density at radius 3 is 2.15 bits per heavy atom. The molecule has 1 aliphatic heterocycles. The minimum atomic E-state index is -6.52. The number of hydrogen-bond acceptors (Lipinski definition) is 9. The molecule has 2 aromatic carbocycles. The van der Waals surface area contributed by atoms with Gasteiger partial charge in [0.1, 0.15) is 30.4 Å². The number of halogens is 7. The van der Waals surface area contributed by atoms with Crippen molar-refractivity contribution in [3.05, 3.63) is 54.9 Å². The Morgan fingerprint density at radius 2 is 1.57 bits per heavy atom. The van der Waals surface area contributed by atoms with Crippen molar-refractivity contribution < 1.29 is 63.9 Å². The zero-order chi connectivity index (χ0) is 34.6. The lowest BCUT2D eigenvalue weighted by Crippen LogP contribution is -2.60. The van der Waals surface area contributed by atoms with E-state index < -0.39 is 60.8 Å². The normalized spacial score (nSPS) is 22.1. The average Bonchev–Trinajstić information content (AvgIpc) is 3.50. The first kappa shape index (κ1) is 35.8. The van der Waals surface area contributed by atoms with Crippen molar-refractivity contribution in [2.45, 2.75) is 69.2 Å². The van der Waals surface area contributed by atoms with Gasteiger partial charge in [0.2, 0.25) is 6.29 Å². The van der Waals surface area contributed by atoms with E-state index in [1.54, 1.807) is 31.2 Å². The largest absolute Gasteiger partial charge is 0.474 e. The van der Waals surface area contributed by atoms with Gasteiger partial charge in [-0.15, -0.1) is 5.10 Å². The van der Waals surface area contributed by atoms with Crippen molar-refractivity contribution in [1.29, 1.82) is 0 Å². The van der Waals surface area contributed by atoms with Crippen LogP contribution >= 0.6 is 0 Å². The number of carbonyl (C=O) groups excluding carboxylic acids is 1. The molecule has 1 fully saturated rings. The Kier molecular flexibility index (Phi) is 11.0. The minimum Gasteiger partial charge on any atom is -0.428 e. The van der Waals surface area contributed by atoms with Crippen LogP contribution in [0, 0.1) is 0 Å². The van der Waals surface area contributed by atoms with Crippen molar-refractivity contribution in [2.75, 3.05) is 26.1 Å². The number of carbonyl (C=O) groups is 1. The number of benzene rings is 2. The third-order valence-corrected chi connectivity index (χ3v) is 6.96. The zero-order valence-electron chi connectivity index (χ0n) is 25.3. The van der Waals surface area contributed by atoms with E-state index in [9.17, 15) is 35.5 Å². The lowest BCUT2D eigenvalue weighted by Gasteiger charge is -2.43. The fourth-order valence-corrected chi connectivity index (χ4v) is 4.60. The first-order valence-corrected chi connectivity index (χ1v) is 14.1. The van der Waals surface area contributed by atoms with Crippen molar-refractivity contribution in [3.63, 3.8) is 0 Å². The number of ether oxygens (including phenoxy) is 6. The van der Waals surface area contributed by atoms with Gasteiger partial charge in [-0.25, -0.2) is 14.5 Å². The molecule has 0 spiro atoms. The SMILES string of the molecule is CCCO[C@@H]1[C@@H](OC)[C@H](C)O[C@@H](OC(=O)Nc2ccc(-c3ncn(-c4ccc(OC(F)(F)C(F)(F)C(F)(F)F)cc4)n3)cc2)[C@@H]1OC. The van der Waals surface area contributed by atoms with Gasteiger partial charge in [-0.3, -0.25) is 5.32 Å². The monoisotopic (exact) mass is 680 g/mol. The fourth-order valence-electron chi connectivity index (χ4n) is 4.60. The molecule has 3 aromatic rings. The van der Waals surface area contributed by atoms with Crippen molar-refractivity contribution >= 4 is 11.8 Å². The predicted molar refractivity (Wildman–Crippen MR) is 149 cm³/mol. The van der Waals surface area contributed by atoms with Gasteiger partial charge in [-0.1, -0.05) is 6.92 Å². The van der Waals surface area contributed by atoms with Gasteiger partial charge < -0.3 is 28.4 Å². The molecule has 0 aliphatic carbocycles. The van der Waals surface area contributed by atoms with Crippen molar-refractivity contribution in [2.24, 2.45) is 0 Å². The van der Waals surface area contributed by atoms with Crippen LogP contribution in [0.25, 0.3) is 17.1 Å². The number of amides is 1. The summed E-state index contributed by atoms with van der Waals surface area (Å²) in [6.45, 7) is 4.16. The van der Waals surface area contributed by atoms with Gasteiger partial charge in [0, 0.05) is 32.1 Å². The van der Waals surface area contributed by atoms with E-state index in [0.29, 0.717) is 17.9 Å². The molecule has 47 heavy (non-hydrogen) atoms. The van der Waals surface area contributed by atoms with E-state index in [4.69, 9.17) is 23.7 Å². The van der Waals surface area contributed by atoms with Gasteiger partial charge in [0.25, 0.3) is 0 Å². The zero-order valence-corrected chi connectivity index (χ0v) is 25.3. The molecule has 0 radical (unpaired) electrons. The van der Waals surface area contributed by atoms with E-state index >= 15 is 0 Å². The van der Waals surface area contributed by atoms with Crippen LogP contribution in [0.4, 0.5) is 41.2 Å². The second-order valence-electron chi connectivity index (χ2n) is 10.3. The molecule has 5 atom stereocenters. The third-order valence-electron chi connectivity index (χ3n) is 6.96. The van der Waals surface area contributed by atoms with Gasteiger partial charge in [0.05, 0.1) is 11.8 Å². The molecule has 1 aromatic heterocycles. The minimum absolute atomic E-state index is 0.203. The van der Waals surface area contributed by atoms with Crippen molar-refractivity contribution in [3.8, 4) is 22.8 Å². The molecule has 0 unspecified atom stereocenters. The molecule has 258 valence electrons. The molecule has 2 heterocycles. The van der Waals surface area contributed by atoms with Gasteiger partial charge in [0.15, 0.2) is 5.82 Å². The number of anilines is 1. The highest BCUT2D eigenvalue weighted by Gasteiger charge is 2.75. The maximum atomic E-state index is 13.6. The standard InChI is InChI=1S/C29H31F7N4O7/c1-5-14-44-22-21(42-3)16(2)45-25(23(22)43-4)46-26(41)38-18-8-6-17(7-9-18)24-37-15-40(39-24)19-10-12-20(13-11-19)47-29(35,36)27(30,31)28(32,33)34/h6-13,15-16,21-23,25H,5,14H2,1-4H3,(H,38,41)/t16-,21-,22+,23+,25-/m0/s1. The highest BCUT2D eigenvalue weighted by atomic mass is 19.4. The molecule has 1 amide bonds. The number of methoxy groups -OCH3 is 2. The van der Waals surface area contributed by atoms with E-state index in [-0.39, 0.29) is 11.5 Å². The summed E-state index contributed by atoms with van der Waals surface area (Å²) in [7, 11) is 2.97. The Labute approximate surface area is 263 Å². The number of nitrogens with one attached hydrogen (secondary N) is 1. The molecule has 1 N–H and O–H groups in total. The molecular formula is C29H31F7N4O7. The number of alkyl halides is 7. The second-order valence-corrected chi connectivity index (χ2v) is 10.3. The summed E-state index contributed by atoms with van der Waals surface area (Å²) in [6.07, 6.45) is -14.5. The molecule has 4 rings (SSSR count). The Hall–Kier alpha value is -4.00. The average molecular weight is 681 g/mol. The van der Waals surface area contributed by atoms with Crippen molar-refractivity contribution in [1.82, 2.24) is 14.8 Å². The first-order chi connectivity index (χ1) is 22.1. The van der Waals surface area contributed by atoms with Crippen LogP contribution in [0.2, 0.25) is 0 Å². The number of nitrogens with zero attached hydrogens (tertiary/aromatic N) is 3. The van der Waals surface area contributed by atoms with Crippen LogP contribution in [0.1, 0.15) is 20.3 Å². The van der Waals surface area contributed by atoms with Crippen LogP contribution in [0.3, 0.4) is 0 Å². The molecule has 0 saturated carbocycles. The molecular weight excluding hydrogens is 649 g/mol. The van der Waals surface area contributed by atoms with Gasteiger partial charge >= 0.3 is 24.3 Å². The first-order valence-electron chi connectivity index (χ1n) is 14.1. The lowest BCUT2D eigenvalue weighted by atomic mass is 9.99. The molecule has 0 bridgehead atoms. The molecule has 11 nitrogen and oxygen atoms in total. The predicted octanol–water partition coefficient (Wildman–Crippen LogP) is 6.22. The maximum Gasteiger partial charge on any atom is 0.474 e. The Balaban J connectivity index is 1.37. The summed E-state index contributed by atoms with van der Waals surface area (Å²) in [5.41, 5.74) is 1.06. The van der Waals surface area contributed by atoms with Gasteiger partial charge in [-0.2, -0.15) is 30.7 Å². The summed E-state index contributed by atoms with van der Waals surface area (Å²) in [4.78, 5) is 16.9. The summed E-state index contributed by atoms with van der Waals surface area (Å²) >= 11 is 0. The van der Waals surface area contributed by atoms with E-state index in [0.717, 1.165) is 30.7 Å². The summed E-state index contributed by atoms with van der Waals surface area (Å²) in [5.74, 6) is -7.15. The number of aromatic nitrogens is 3. The van der Waals surface area contributed by atoms with Crippen LogP contribution in [0.15, 0.2) is 54.9 Å². The van der Waals surface area contributed by atoms with E-state index in [2.05, 4.69) is 20.1 Å². The summed E-state index contributed by atoms with van der Waals surface area (Å²) < 4.78 is 124. The second kappa shape index (κ2) is 14.4. The topological polar surface area (TPSA) is 115 Å². The Bertz CT molecular complexity index is 1470. The fraction of sp³-hybridized carbons (Fsp3) is 0.483. The van der Waals surface area contributed by atoms with E-state index in [1.807, 2.05) is 6.92 Å². The summed E-state index contributed by atoms with van der Waals surface area (Å²) in [6, 6.07) is 10.0. The highest BCUT2D eigenvalue weighted by Crippen LogP contribution is 2.47. The maximum absolute atomic E-state index is 13.6. The number of rotatable bonds is 12. The highest BCUT2D eigenvalue weighted by molar-refractivity contribution is 5.85. The number of hydrogen-bond donors (Lipinski definition) is 1. The van der Waals surface area contributed by atoms with Crippen LogP contribution in [0.5, 0.6) is 5.75 Å².